The Morgan fingerprint density at radius 3 is 2.39 bits per heavy atom. The molecule has 0 bridgehead atoms. The summed E-state index contributed by atoms with van der Waals surface area (Å²) in [5.41, 5.74) is 5.27. The maximum Gasteiger partial charge on any atom is 0.251 e. The van der Waals surface area contributed by atoms with E-state index in [1.807, 2.05) is 36.7 Å². The molecular weight excluding hydrogens is 384 g/mol. The molecule has 0 saturated carbocycles. The minimum Gasteiger partial charge on any atom is -0.345 e. The molecule has 5 heteroatoms. The monoisotopic (exact) mass is 412 g/mol. The second kappa shape index (κ2) is 8.88. The van der Waals surface area contributed by atoms with Crippen LogP contribution in [-0.2, 0) is 6.42 Å². The van der Waals surface area contributed by atoms with Gasteiger partial charge >= 0.3 is 0 Å². The maximum absolute atomic E-state index is 12.8. The fourth-order valence-corrected chi connectivity index (χ4v) is 4.69. The summed E-state index contributed by atoms with van der Waals surface area (Å²) in [6, 6.07) is 16.2. The molecule has 0 radical (unpaired) electrons. The first-order valence-electron chi connectivity index (χ1n) is 11.3. The highest BCUT2D eigenvalue weighted by Gasteiger charge is 2.22. The average Bonchev–Trinajstić information content (AvgIpc) is 2.85. The third-order valence-corrected chi connectivity index (χ3v) is 6.43. The van der Waals surface area contributed by atoms with Crippen LogP contribution in [0.5, 0.6) is 0 Å². The van der Waals surface area contributed by atoms with Crippen LogP contribution in [0.4, 0.5) is 5.95 Å². The highest BCUT2D eigenvalue weighted by molar-refractivity contribution is 5.95. The second-order valence-electron chi connectivity index (χ2n) is 8.51. The summed E-state index contributed by atoms with van der Waals surface area (Å²) in [6.07, 6.45) is 10.7. The van der Waals surface area contributed by atoms with E-state index in [-0.39, 0.29) is 11.9 Å². The smallest absolute Gasteiger partial charge is 0.251 e. The van der Waals surface area contributed by atoms with Crippen molar-refractivity contribution in [2.45, 2.75) is 44.6 Å². The number of hydrogen-bond donors (Lipinski definition) is 1. The van der Waals surface area contributed by atoms with E-state index < -0.39 is 0 Å². The fraction of sp³-hybridized carbons (Fsp3) is 0.346. The van der Waals surface area contributed by atoms with E-state index in [2.05, 4.69) is 44.5 Å². The Bertz CT molecular complexity index is 1040. The number of carbonyl (C=O) groups is 1. The van der Waals surface area contributed by atoms with E-state index in [1.165, 1.54) is 30.4 Å². The summed E-state index contributed by atoms with van der Waals surface area (Å²) in [4.78, 5) is 24.2. The molecule has 1 atom stereocenters. The lowest BCUT2D eigenvalue weighted by atomic mass is 9.87. The van der Waals surface area contributed by atoms with Crippen LogP contribution >= 0.6 is 0 Å². The lowest BCUT2D eigenvalue weighted by molar-refractivity contribution is 0.0933. The second-order valence-corrected chi connectivity index (χ2v) is 8.51. The van der Waals surface area contributed by atoms with Crippen LogP contribution in [-0.4, -0.2) is 29.0 Å². The quantitative estimate of drug-likeness (QED) is 0.659. The van der Waals surface area contributed by atoms with Crippen molar-refractivity contribution < 1.29 is 4.79 Å². The number of amides is 1. The minimum absolute atomic E-state index is 0.0232. The molecule has 5 nitrogen and oxygen atoms in total. The van der Waals surface area contributed by atoms with Crippen molar-refractivity contribution in [2.24, 2.45) is 0 Å². The Balaban J connectivity index is 1.26. The molecule has 1 saturated heterocycles. The summed E-state index contributed by atoms with van der Waals surface area (Å²) in [5.74, 6) is 0.789. The number of anilines is 1. The van der Waals surface area contributed by atoms with Crippen molar-refractivity contribution >= 4 is 11.9 Å². The number of benzene rings is 2. The molecule has 2 heterocycles. The zero-order valence-corrected chi connectivity index (χ0v) is 17.8. The Morgan fingerprint density at radius 1 is 0.871 bits per heavy atom. The van der Waals surface area contributed by atoms with Gasteiger partial charge in [-0.05, 0) is 67.3 Å². The zero-order chi connectivity index (χ0) is 21.0. The van der Waals surface area contributed by atoms with Gasteiger partial charge in [-0.15, -0.1) is 0 Å². The van der Waals surface area contributed by atoms with Crippen LogP contribution in [0.1, 0.15) is 59.6 Å². The molecule has 3 aromatic rings. The number of fused-ring (bicyclic) bond motifs is 1. The van der Waals surface area contributed by atoms with Crippen LogP contribution < -0.4 is 10.2 Å². The molecule has 1 N–H and O–H groups in total. The molecule has 2 aliphatic rings. The van der Waals surface area contributed by atoms with Crippen LogP contribution in [0.3, 0.4) is 0 Å². The summed E-state index contributed by atoms with van der Waals surface area (Å²) < 4.78 is 0. The van der Waals surface area contributed by atoms with Crippen molar-refractivity contribution in [1.29, 1.82) is 0 Å². The number of carbonyl (C=O) groups excluding carboxylic acids is 1. The molecule has 0 spiro atoms. The van der Waals surface area contributed by atoms with Gasteiger partial charge in [-0.1, -0.05) is 36.4 Å². The van der Waals surface area contributed by atoms with Gasteiger partial charge in [0.2, 0.25) is 5.95 Å². The molecule has 1 unspecified atom stereocenters. The molecule has 2 aromatic carbocycles. The molecule has 5 rings (SSSR count). The van der Waals surface area contributed by atoms with Gasteiger partial charge in [0.05, 0.1) is 6.04 Å². The Kier molecular flexibility index (Phi) is 5.65. The van der Waals surface area contributed by atoms with Crippen molar-refractivity contribution in [2.75, 3.05) is 18.0 Å². The van der Waals surface area contributed by atoms with Gasteiger partial charge in [0.15, 0.2) is 0 Å². The van der Waals surface area contributed by atoms with E-state index >= 15 is 0 Å². The molecule has 1 aliphatic carbocycles. The van der Waals surface area contributed by atoms with E-state index in [0.29, 0.717) is 5.56 Å². The Labute approximate surface area is 183 Å². The summed E-state index contributed by atoms with van der Waals surface area (Å²) in [6.45, 7) is 2.07. The molecule has 1 amide bonds. The number of nitrogens with zero attached hydrogens (tertiary/aromatic N) is 3. The highest BCUT2D eigenvalue weighted by Crippen LogP contribution is 2.30. The van der Waals surface area contributed by atoms with E-state index in [0.717, 1.165) is 49.4 Å². The number of rotatable bonds is 4. The van der Waals surface area contributed by atoms with E-state index in [1.54, 1.807) is 0 Å². The molecule has 1 fully saturated rings. The third kappa shape index (κ3) is 4.31. The van der Waals surface area contributed by atoms with Crippen molar-refractivity contribution in [3.8, 4) is 11.1 Å². The number of hydrogen-bond acceptors (Lipinski definition) is 4. The molecular formula is C26H28N4O. The van der Waals surface area contributed by atoms with Gasteiger partial charge in [-0.3, -0.25) is 4.79 Å². The van der Waals surface area contributed by atoms with Gasteiger partial charge in [-0.25, -0.2) is 9.97 Å². The first-order chi connectivity index (χ1) is 15.3. The third-order valence-electron chi connectivity index (χ3n) is 6.43. The lowest BCUT2D eigenvalue weighted by Gasteiger charge is -2.26. The zero-order valence-electron chi connectivity index (χ0n) is 17.8. The number of piperidine rings is 1. The molecule has 1 aromatic heterocycles. The largest absolute Gasteiger partial charge is 0.345 e. The van der Waals surface area contributed by atoms with Crippen LogP contribution in [0.25, 0.3) is 11.1 Å². The van der Waals surface area contributed by atoms with Crippen LogP contribution in [0, 0.1) is 0 Å². The van der Waals surface area contributed by atoms with Gasteiger partial charge in [0.1, 0.15) is 0 Å². The predicted octanol–water partition coefficient (Wildman–Crippen LogP) is 4.94. The standard InChI is InChI=1S/C26H28N4O/c31-25(29-24-10-6-8-20-7-2-3-9-23(20)24)21-13-11-19(12-14-21)22-17-27-26(28-18-22)30-15-4-1-5-16-30/h2-3,7,9,11-14,17-18,24H,1,4-6,8,10,15-16H2,(H,29,31). The fourth-order valence-electron chi connectivity index (χ4n) is 4.69. The molecule has 1 aliphatic heterocycles. The maximum atomic E-state index is 12.8. The van der Waals surface area contributed by atoms with Gasteiger partial charge < -0.3 is 10.2 Å². The van der Waals surface area contributed by atoms with E-state index in [4.69, 9.17) is 0 Å². The first-order valence-corrected chi connectivity index (χ1v) is 11.3. The first kappa shape index (κ1) is 19.7. The van der Waals surface area contributed by atoms with Crippen molar-refractivity contribution in [3.05, 3.63) is 77.6 Å². The average molecular weight is 413 g/mol. The molecule has 31 heavy (non-hydrogen) atoms. The van der Waals surface area contributed by atoms with Gasteiger partial charge in [0.25, 0.3) is 5.91 Å². The highest BCUT2D eigenvalue weighted by atomic mass is 16.1. The summed E-state index contributed by atoms with van der Waals surface area (Å²) in [7, 11) is 0. The summed E-state index contributed by atoms with van der Waals surface area (Å²) >= 11 is 0. The lowest BCUT2D eigenvalue weighted by Crippen LogP contribution is -2.31. The Hall–Kier alpha value is -3.21. The van der Waals surface area contributed by atoms with Crippen molar-refractivity contribution in [3.63, 3.8) is 0 Å². The number of nitrogens with one attached hydrogen (secondary N) is 1. The predicted molar refractivity (Wildman–Crippen MR) is 123 cm³/mol. The summed E-state index contributed by atoms with van der Waals surface area (Å²) in [5, 5.41) is 3.23. The van der Waals surface area contributed by atoms with Gasteiger partial charge in [0, 0.05) is 36.6 Å². The SMILES string of the molecule is O=C(NC1CCCc2ccccc21)c1ccc(-c2cnc(N3CCCCC3)nc2)cc1. The van der Waals surface area contributed by atoms with E-state index in [9.17, 15) is 4.79 Å². The normalized spacial score (nSPS) is 18.3. The van der Waals surface area contributed by atoms with Crippen LogP contribution in [0.15, 0.2) is 60.9 Å². The van der Waals surface area contributed by atoms with Gasteiger partial charge in [-0.2, -0.15) is 0 Å². The van der Waals surface area contributed by atoms with Crippen molar-refractivity contribution in [1.82, 2.24) is 15.3 Å². The van der Waals surface area contributed by atoms with Crippen LogP contribution in [0.2, 0.25) is 0 Å². The Morgan fingerprint density at radius 2 is 1.61 bits per heavy atom. The number of aromatic nitrogens is 2. The topological polar surface area (TPSA) is 58.1 Å². The minimum atomic E-state index is -0.0232. The molecule has 158 valence electrons. The number of aryl methyl sites for hydroxylation is 1.